The maximum Gasteiger partial charge on any atom is 0.126 e. The molecule has 0 aliphatic heterocycles. The normalized spacial score (nSPS) is 27.1. The summed E-state index contributed by atoms with van der Waals surface area (Å²) in [4.78, 5) is 0. The second-order valence-electron chi connectivity index (χ2n) is 7.15. The molecule has 0 atom stereocenters. The van der Waals surface area contributed by atoms with E-state index in [1.165, 1.54) is 63.5 Å². The highest BCUT2D eigenvalue weighted by atomic mass is 19.1. The van der Waals surface area contributed by atoms with Gasteiger partial charge in [-0.2, -0.15) is 0 Å². The molecule has 2 aliphatic carbocycles. The van der Waals surface area contributed by atoms with E-state index in [0.717, 1.165) is 36.3 Å². The summed E-state index contributed by atoms with van der Waals surface area (Å²) in [5.74, 6) is 1.32. The molecule has 0 heterocycles. The Bertz CT molecular complexity index is 434. The van der Waals surface area contributed by atoms with Crippen molar-refractivity contribution in [1.82, 2.24) is 0 Å². The van der Waals surface area contributed by atoms with Gasteiger partial charge in [0.05, 0.1) is 0 Å². The van der Waals surface area contributed by atoms with Crippen LogP contribution in [-0.2, 0) is 0 Å². The van der Waals surface area contributed by atoms with Gasteiger partial charge in [0.15, 0.2) is 0 Å². The first-order chi connectivity index (χ1) is 10.2. The van der Waals surface area contributed by atoms with Gasteiger partial charge in [0.25, 0.3) is 0 Å². The fourth-order valence-electron chi connectivity index (χ4n) is 4.37. The molecule has 0 N–H and O–H groups in total. The highest BCUT2D eigenvalue weighted by molar-refractivity contribution is 5.22. The van der Waals surface area contributed by atoms with Gasteiger partial charge in [-0.05, 0) is 61.1 Å². The first kappa shape index (κ1) is 15.0. The minimum Gasteiger partial charge on any atom is -0.207 e. The highest BCUT2D eigenvalue weighted by Crippen LogP contribution is 2.39. The molecule has 2 aliphatic rings. The van der Waals surface area contributed by atoms with E-state index in [1.54, 1.807) is 0 Å². The predicted molar refractivity (Wildman–Crippen MR) is 82.2 cm³/mol. The van der Waals surface area contributed by atoms with Crippen LogP contribution in [0.25, 0.3) is 0 Å². The van der Waals surface area contributed by atoms with Gasteiger partial charge in [-0.15, -0.1) is 0 Å². The van der Waals surface area contributed by atoms with Crippen molar-refractivity contribution in [3.63, 3.8) is 0 Å². The van der Waals surface area contributed by atoms with Crippen LogP contribution in [0.5, 0.6) is 0 Å². The van der Waals surface area contributed by atoms with Crippen molar-refractivity contribution >= 4 is 0 Å². The maximum absolute atomic E-state index is 13.3. The second-order valence-corrected chi connectivity index (χ2v) is 7.15. The van der Waals surface area contributed by atoms with Crippen molar-refractivity contribution in [3.05, 3.63) is 35.4 Å². The average molecular weight is 292 g/mol. The van der Waals surface area contributed by atoms with Gasteiger partial charge >= 0.3 is 0 Å². The largest absolute Gasteiger partial charge is 0.207 e. The molecule has 0 aromatic heterocycles. The topological polar surface area (TPSA) is 0 Å². The molecule has 0 amide bonds. The minimum absolute atomic E-state index is 0.359. The summed E-state index contributed by atoms with van der Waals surface area (Å²) in [5, 5.41) is 0. The Hall–Kier alpha value is -0.920. The van der Waals surface area contributed by atoms with Gasteiger partial charge in [0, 0.05) is 6.07 Å². The Morgan fingerprint density at radius 2 is 1.24 bits per heavy atom. The fourth-order valence-corrected chi connectivity index (χ4v) is 4.37. The van der Waals surface area contributed by atoms with E-state index >= 15 is 0 Å². The number of hydrogen-bond acceptors (Lipinski definition) is 0. The second kappa shape index (κ2) is 6.89. The fraction of sp³-hybridized carbons (Fsp3) is 0.684. The molecule has 2 saturated carbocycles. The lowest BCUT2D eigenvalue weighted by Gasteiger charge is -2.29. The Labute approximate surface area is 126 Å². The smallest absolute Gasteiger partial charge is 0.126 e. The summed E-state index contributed by atoms with van der Waals surface area (Å²) in [6, 6.07) is 4.01. The SMILES string of the molecule is Fc1cc(F)cc(C2CCC(CCC3CCCC3)CC2)c1. The zero-order valence-corrected chi connectivity index (χ0v) is 12.8. The average Bonchev–Trinajstić information content (AvgIpc) is 2.98. The zero-order chi connectivity index (χ0) is 14.7. The van der Waals surface area contributed by atoms with Crippen LogP contribution in [0.3, 0.4) is 0 Å². The standard InChI is InChI=1S/C19H26F2/c20-18-11-17(12-19(21)13-18)16-9-7-15(8-10-16)6-5-14-3-1-2-4-14/h11-16H,1-10H2. The van der Waals surface area contributed by atoms with Crippen LogP contribution in [0.4, 0.5) is 8.78 Å². The maximum atomic E-state index is 13.3. The molecule has 1 aromatic carbocycles. The van der Waals surface area contributed by atoms with E-state index in [2.05, 4.69) is 0 Å². The summed E-state index contributed by atoms with van der Waals surface area (Å²) < 4.78 is 26.6. The van der Waals surface area contributed by atoms with Crippen LogP contribution in [0.2, 0.25) is 0 Å². The van der Waals surface area contributed by atoms with E-state index < -0.39 is 11.6 Å². The number of rotatable bonds is 4. The van der Waals surface area contributed by atoms with Crippen LogP contribution < -0.4 is 0 Å². The molecule has 0 radical (unpaired) electrons. The first-order valence-corrected chi connectivity index (χ1v) is 8.66. The van der Waals surface area contributed by atoms with Gasteiger partial charge in [-0.3, -0.25) is 0 Å². The number of benzene rings is 1. The molecule has 2 fully saturated rings. The van der Waals surface area contributed by atoms with Gasteiger partial charge in [-0.1, -0.05) is 38.5 Å². The van der Waals surface area contributed by atoms with Gasteiger partial charge < -0.3 is 0 Å². The third-order valence-electron chi connectivity index (χ3n) is 5.66. The third-order valence-corrected chi connectivity index (χ3v) is 5.66. The zero-order valence-electron chi connectivity index (χ0n) is 12.8. The number of hydrogen-bond donors (Lipinski definition) is 0. The van der Waals surface area contributed by atoms with Gasteiger partial charge in [0.1, 0.15) is 11.6 Å². The molecule has 0 bridgehead atoms. The van der Waals surface area contributed by atoms with E-state index in [1.807, 2.05) is 0 Å². The van der Waals surface area contributed by atoms with Crippen molar-refractivity contribution in [2.45, 2.75) is 70.1 Å². The van der Waals surface area contributed by atoms with Crippen LogP contribution >= 0.6 is 0 Å². The Kier molecular flexibility index (Phi) is 4.92. The number of halogens is 2. The summed E-state index contributed by atoms with van der Waals surface area (Å²) >= 11 is 0. The summed E-state index contributed by atoms with van der Waals surface area (Å²) in [6.07, 6.45) is 13.2. The van der Waals surface area contributed by atoms with Crippen LogP contribution in [-0.4, -0.2) is 0 Å². The van der Waals surface area contributed by atoms with E-state index in [0.29, 0.717) is 5.92 Å². The molecule has 0 saturated heterocycles. The van der Waals surface area contributed by atoms with Crippen molar-refractivity contribution in [2.75, 3.05) is 0 Å². The van der Waals surface area contributed by atoms with Crippen molar-refractivity contribution in [2.24, 2.45) is 11.8 Å². The molecular weight excluding hydrogens is 266 g/mol. The quantitative estimate of drug-likeness (QED) is 0.619. The molecule has 0 nitrogen and oxygen atoms in total. The molecule has 1 aromatic rings. The Balaban J connectivity index is 1.48. The van der Waals surface area contributed by atoms with Gasteiger partial charge in [0.2, 0.25) is 0 Å². The lowest BCUT2D eigenvalue weighted by atomic mass is 9.76. The van der Waals surface area contributed by atoms with Gasteiger partial charge in [-0.25, -0.2) is 8.78 Å². The highest BCUT2D eigenvalue weighted by Gasteiger charge is 2.24. The predicted octanol–water partition coefficient (Wildman–Crippen LogP) is 6.21. The Morgan fingerprint density at radius 1 is 0.714 bits per heavy atom. The summed E-state index contributed by atoms with van der Waals surface area (Å²) in [5.41, 5.74) is 0.863. The van der Waals surface area contributed by atoms with Crippen molar-refractivity contribution < 1.29 is 8.78 Å². The van der Waals surface area contributed by atoms with Crippen molar-refractivity contribution in [1.29, 1.82) is 0 Å². The summed E-state index contributed by atoms with van der Waals surface area (Å²) in [6.45, 7) is 0. The molecular formula is C19H26F2. The first-order valence-electron chi connectivity index (χ1n) is 8.66. The van der Waals surface area contributed by atoms with Crippen LogP contribution in [0.1, 0.15) is 75.7 Å². The molecule has 21 heavy (non-hydrogen) atoms. The van der Waals surface area contributed by atoms with E-state index in [4.69, 9.17) is 0 Å². The summed E-state index contributed by atoms with van der Waals surface area (Å²) in [7, 11) is 0. The lowest BCUT2D eigenvalue weighted by molar-refractivity contribution is 0.286. The van der Waals surface area contributed by atoms with Crippen LogP contribution in [0, 0.1) is 23.5 Å². The molecule has 0 spiro atoms. The lowest BCUT2D eigenvalue weighted by Crippen LogP contribution is -2.14. The van der Waals surface area contributed by atoms with E-state index in [-0.39, 0.29) is 0 Å². The van der Waals surface area contributed by atoms with Crippen LogP contribution in [0.15, 0.2) is 18.2 Å². The molecule has 116 valence electrons. The molecule has 2 heteroatoms. The monoisotopic (exact) mass is 292 g/mol. The Morgan fingerprint density at radius 3 is 1.81 bits per heavy atom. The third kappa shape index (κ3) is 4.05. The molecule has 3 rings (SSSR count). The minimum atomic E-state index is -0.437. The van der Waals surface area contributed by atoms with Crippen molar-refractivity contribution in [3.8, 4) is 0 Å². The molecule has 0 unspecified atom stereocenters. The van der Waals surface area contributed by atoms with E-state index in [9.17, 15) is 8.78 Å².